The number of carbonyl (C=O) groups is 1. The fourth-order valence-corrected chi connectivity index (χ4v) is 1.84. The molecule has 0 aliphatic rings. The van der Waals surface area contributed by atoms with Gasteiger partial charge in [-0.25, -0.2) is 0 Å². The average Bonchev–Trinajstić information content (AvgIpc) is 2.66. The molecule has 0 radical (unpaired) electrons. The third kappa shape index (κ3) is 2.69. The molecule has 5 nitrogen and oxygen atoms in total. The highest BCUT2D eigenvalue weighted by Gasteiger charge is 2.19. The van der Waals surface area contributed by atoms with Gasteiger partial charge in [-0.15, -0.1) is 0 Å². The van der Waals surface area contributed by atoms with Crippen molar-refractivity contribution in [3.63, 3.8) is 0 Å². The Morgan fingerprint density at radius 2 is 2.38 bits per heavy atom. The van der Waals surface area contributed by atoms with Gasteiger partial charge in [0.2, 0.25) is 0 Å². The SMILES string of the molecule is CCn1ncc(N)c1C(=O)N(C)CCSC. The van der Waals surface area contributed by atoms with Crippen molar-refractivity contribution in [3.05, 3.63) is 11.9 Å². The van der Waals surface area contributed by atoms with E-state index in [9.17, 15) is 4.79 Å². The van der Waals surface area contributed by atoms with Crippen LogP contribution in [0.3, 0.4) is 0 Å². The van der Waals surface area contributed by atoms with Crippen molar-refractivity contribution in [2.45, 2.75) is 13.5 Å². The molecule has 0 aliphatic carbocycles. The van der Waals surface area contributed by atoms with Gasteiger partial charge in [0.05, 0.1) is 11.9 Å². The lowest BCUT2D eigenvalue weighted by Gasteiger charge is -2.17. The first kappa shape index (κ1) is 12.9. The summed E-state index contributed by atoms with van der Waals surface area (Å²) in [6.07, 6.45) is 3.54. The van der Waals surface area contributed by atoms with Crippen molar-refractivity contribution < 1.29 is 4.79 Å². The average molecular weight is 242 g/mol. The molecule has 1 amide bonds. The molecule has 1 rings (SSSR count). The molecule has 1 heterocycles. The zero-order valence-corrected chi connectivity index (χ0v) is 10.8. The van der Waals surface area contributed by atoms with Gasteiger partial charge in [0.1, 0.15) is 5.69 Å². The lowest BCUT2D eigenvalue weighted by molar-refractivity contribution is 0.0792. The topological polar surface area (TPSA) is 64.2 Å². The number of thioether (sulfide) groups is 1. The van der Waals surface area contributed by atoms with E-state index in [1.165, 1.54) is 6.20 Å². The van der Waals surface area contributed by atoms with Gasteiger partial charge in [-0.2, -0.15) is 16.9 Å². The number of nitrogens with zero attached hydrogens (tertiary/aromatic N) is 3. The van der Waals surface area contributed by atoms with Crippen LogP contribution in [0.2, 0.25) is 0 Å². The summed E-state index contributed by atoms with van der Waals surface area (Å²) in [4.78, 5) is 13.8. The van der Waals surface area contributed by atoms with E-state index in [1.807, 2.05) is 13.2 Å². The highest BCUT2D eigenvalue weighted by molar-refractivity contribution is 7.98. The zero-order valence-electron chi connectivity index (χ0n) is 9.93. The minimum Gasteiger partial charge on any atom is -0.396 e. The van der Waals surface area contributed by atoms with E-state index in [0.29, 0.717) is 24.5 Å². The van der Waals surface area contributed by atoms with Crippen LogP contribution in [0.25, 0.3) is 0 Å². The Morgan fingerprint density at radius 1 is 1.69 bits per heavy atom. The molecule has 0 bridgehead atoms. The Bertz CT molecular complexity index is 364. The van der Waals surface area contributed by atoms with Crippen LogP contribution in [-0.2, 0) is 6.54 Å². The number of aromatic nitrogens is 2. The number of anilines is 1. The number of hydrogen-bond acceptors (Lipinski definition) is 4. The van der Waals surface area contributed by atoms with E-state index < -0.39 is 0 Å². The Morgan fingerprint density at radius 3 is 2.94 bits per heavy atom. The van der Waals surface area contributed by atoms with Gasteiger partial charge in [-0.05, 0) is 13.2 Å². The molecule has 0 spiro atoms. The molecule has 0 aromatic carbocycles. The molecule has 0 saturated carbocycles. The molecule has 2 N–H and O–H groups in total. The molecule has 0 fully saturated rings. The monoisotopic (exact) mass is 242 g/mol. The van der Waals surface area contributed by atoms with Crippen molar-refractivity contribution in [3.8, 4) is 0 Å². The van der Waals surface area contributed by atoms with Crippen LogP contribution < -0.4 is 5.73 Å². The number of hydrogen-bond donors (Lipinski definition) is 1. The van der Waals surface area contributed by atoms with Crippen molar-refractivity contribution in [1.82, 2.24) is 14.7 Å². The Labute approximate surface area is 100.0 Å². The third-order valence-corrected chi connectivity index (χ3v) is 2.94. The summed E-state index contributed by atoms with van der Waals surface area (Å²) in [5, 5.41) is 4.06. The number of nitrogen functional groups attached to an aromatic ring is 1. The summed E-state index contributed by atoms with van der Waals surface area (Å²) in [5.41, 5.74) is 6.69. The maximum Gasteiger partial charge on any atom is 0.274 e. The van der Waals surface area contributed by atoms with Gasteiger partial charge < -0.3 is 10.6 Å². The maximum absolute atomic E-state index is 12.1. The molecule has 1 aromatic heterocycles. The van der Waals surface area contributed by atoms with E-state index in [2.05, 4.69) is 5.10 Å². The van der Waals surface area contributed by atoms with Crippen LogP contribution in [0.4, 0.5) is 5.69 Å². The zero-order chi connectivity index (χ0) is 12.1. The Kier molecular flexibility index (Phi) is 4.67. The van der Waals surface area contributed by atoms with Crippen LogP contribution in [-0.4, -0.2) is 46.2 Å². The fourth-order valence-electron chi connectivity index (χ4n) is 1.38. The fraction of sp³-hybridized carbons (Fsp3) is 0.600. The molecule has 90 valence electrons. The van der Waals surface area contributed by atoms with E-state index in [0.717, 1.165) is 5.75 Å². The highest BCUT2D eigenvalue weighted by atomic mass is 32.2. The van der Waals surface area contributed by atoms with Crippen LogP contribution in [0.5, 0.6) is 0 Å². The lowest BCUT2D eigenvalue weighted by atomic mass is 10.3. The predicted molar refractivity (Wildman–Crippen MR) is 67.7 cm³/mol. The Balaban J connectivity index is 2.82. The summed E-state index contributed by atoms with van der Waals surface area (Å²) >= 11 is 1.71. The van der Waals surface area contributed by atoms with Crippen molar-refractivity contribution in [2.24, 2.45) is 0 Å². The second kappa shape index (κ2) is 5.79. The number of amides is 1. The van der Waals surface area contributed by atoms with E-state index >= 15 is 0 Å². The van der Waals surface area contributed by atoms with E-state index in [-0.39, 0.29) is 5.91 Å². The molecule has 16 heavy (non-hydrogen) atoms. The summed E-state index contributed by atoms with van der Waals surface area (Å²) in [6, 6.07) is 0. The third-order valence-electron chi connectivity index (χ3n) is 2.35. The lowest BCUT2D eigenvalue weighted by Crippen LogP contribution is -2.31. The van der Waals surface area contributed by atoms with Gasteiger partial charge in [0.15, 0.2) is 0 Å². The first-order valence-corrected chi connectivity index (χ1v) is 6.56. The van der Waals surface area contributed by atoms with Crippen LogP contribution >= 0.6 is 11.8 Å². The summed E-state index contributed by atoms with van der Waals surface area (Å²) in [6.45, 7) is 3.30. The second-order valence-corrected chi connectivity index (χ2v) is 4.47. The van der Waals surface area contributed by atoms with Gasteiger partial charge in [0, 0.05) is 25.9 Å². The van der Waals surface area contributed by atoms with Gasteiger partial charge in [-0.3, -0.25) is 9.48 Å². The largest absolute Gasteiger partial charge is 0.396 e. The van der Waals surface area contributed by atoms with Gasteiger partial charge in [0.25, 0.3) is 5.91 Å². The summed E-state index contributed by atoms with van der Waals surface area (Å²) in [7, 11) is 1.78. The van der Waals surface area contributed by atoms with E-state index in [4.69, 9.17) is 5.73 Å². The smallest absolute Gasteiger partial charge is 0.274 e. The number of carbonyl (C=O) groups excluding carboxylic acids is 1. The second-order valence-electron chi connectivity index (χ2n) is 3.48. The minimum atomic E-state index is -0.0640. The standard InChI is InChI=1S/C10H18N4OS/c1-4-14-9(8(11)7-12-14)10(15)13(2)5-6-16-3/h7H,4-6,11H2,1-3H3. The highest BCUT2D eigenvalue weighted by Crippen LogP contribution is 2.13. The minimum absolute atomic E-state index is 0.0640. The van der Waals surface area contributed by atoms with Crippen molar-refractivity contribution >= 4 is 23.4 Å². The van der Waals surface area contributed by atoms with Crippen molar-refractivity contribution in [1.29, 1.82) is 0 Å². The molecule has 0 saturated heterocycles. The first-order chi connectivity index (χ1) is 7.61. The van der Waals surface area contributed by atoms with Crippen LogP contribution in [0.15, 0.2) is 6.20 Å². The van der Waals surface area contributed by atoms with Gasteiger partial charge in [-0.1, -0.05) is 0 Å². The molecular weight excluding hydrogens is 224 g/mol. The van der Waals surface area contributed by atoms with Gasteiger partial charge >= 0.3 is 0 Å². The molecule has 6 heteroatoms. The molecule has 0 atom stereocenters. The van der Waals surface area contributed by atoms with E-state index in [1.54, 1.807) is 28.4 Å². The molecule has 1 aromatic rings. The molecule has 0 aliphatic heterocycles. The summed E-state index contributed by atoms with van der Waals surface area (Å²) in [5.74, 6) is 0.855. The first-order valence-electron chi connectivity index (χ1n) is 5.17. The summed E-state index contributed by atoms with van der Waals surface area (Å²) < 4.78 is 1.63. The maximum atomic E-state index is 12.1. The van der Waals surface area contributed by atoms with Crippen molar-refractivity contribution in [2.75, 3.05) is 31.3 Å². The predicted octanol–water partition coefficient (Wildman–Crippen LogP) is 0.920. The number of aryl methyl sites for hydroxylation is 1. The normalized spacial score (nSPS) is 10.4. The van der Waals surface area contributed by atoms with Crippen LogP contribution in [0, 0.1) is 0 Å². The Hall–Kier alpha value is -1.17. The van der Waals surface area contributed by atoms with Crippen LogP contribution in [0.1, 0.15) is 17.4 Å². The molecular formula is C10H18N4OS. The molecule has 0 unspecified atom stereocenters. The number of nitrogens with two attached hydrogens (primary N) is 1. The quantitative estimate of drug-likeness (QED) is 0.834. The number of rotatable bonds is 5.